The SMILES string of the molecule is Cn1ccnc1CC(=O)c1cccc(OC(F)F)c1. The summed E-state index contributed by atoms with van der Waals surface area (Å²) in [5.41, 5.74) is 0.321. The van der Waals surface area contributed by atoms with Gasteiger partial charge in [-0.2, -0.15) is 8.78 Å². The number of halogens is 2. The Morgan fingerprint density at radius 3 is 2.89 bits per heavy atom. The molecule has 1 heterocycles. The van der Waals surface area contributed by atoms with E-state index in [1.165, 1.54) is 18.2 Å². The second-order valence-corrected chi connectivity index (χ2v) is 3.96. The van der Waals surface area contributed by atoms with Crippen LogP contribution in [0.25, 0.3) is 0 Å². The van der Waals surface area contributed by atoms with Gasteiger partial charge in [-0.3, -0.25) is 4.79 Å². The smallest absolute Gasteiger partial charge is 0.387 e. The van der Waals surface area contributed by atoms with Gasteiger partial charge in [0.05, 0.1) is 6.42 Å². The lowest BCUT2D eigenvalue weighted by Gasteiger charge is -2.06. The minimum atomic E-state index is -2.90. The number of ether oxygens (including phenoxy) is 1. The van der Waals surface area contributed by atoms with Crippen LogP contribution in [-0.2, 0) is 13.5 Å². The fraction of sp³-hybridized carbons (Fsp3) is 0.231. The molecule has 0 saturated heterocycles. The Morgan fingerprint density at radius 1 is 1.47 bits per heavy atom. The van der Waals surface area contributed by atoms with Crippen LogP contribution in [0.4, 0.5) is 8.78 Å². The van der Waals surface area contributed by atoms with Gasteiger partial charge in [0.2, 0.25) is 0 Å². The summed E-state index contributed by atoms with van der Waals surface area (Å²) in [6.07, 6.45) is 3.44. The third kappa shape index (κ3) is 3.37. The molecule has 0 unspecified atom stereocenters. The summed E-state index contributed by atoms with van der Waals surface area (Å²) in [4.78, 5) is 16.0. The molecule has 0 amide bonds. The Bertz CT molecular complexity index is 582. The fourth-order valence-electron chi connectivity index (χ4n) is 1.66. The lowest BCUT2D eigenvalue weighted by Crippen LogP contribution is -2.09. The lowest BCUT2D eigenvalue weighted by molar-refractivity contribution is -0.0498. The molecule has 19 heavy (non-hydrogen) atoms. The van der Waals surface area contributed by atoms with Gasteiger partial charge in [-0.05, 0) is 12.1 Å². The number of hydrogen-bond acceptors (Lipinski definition) is 3. The van der Waals surface area contributed by atoms with Crippen LogP contribution in [0.5, 0.6) is 5.75 Å². The molecule has 1 aromatic carbocycles. The maximum Gasteiger partial charge on any atom is 0.387 e. The number of Topliss-reactive ketones (excluding diaryl/α,β-unsaturated/α-hetero) is 1. The first-order chi connectivity index (χ1) is 9.06. The molecule has 0 saturated carbocycles. The van der Waals surface area contributed by atoms with E-state index in [1.54, 1.807) is 30.1 Å². The van der Waals surface area contributed by atoms with Gasteiger partial charge in [0, 0.05) is 25.0 Å². The first kappa shape index (κ1) is 13.2. The van der Waals surface area contributed by atoms with Gasteiger partial charge in [-0.25, -0.2) is 4.98 Å². The molecular formula is C13H12F2N2O2. The topological polar surface area (TPSA) is 44.1 Å². The van der Waals surface area contributed by atoms with Crippen molar-refractivity contribution in [1.29, 1.82) is 0 Å². The summed E-state index contributed by atoms with van der Waals surface area (Å²) in [6.45, 7) is -2.90. The summed E-state index contributed by atoms with van der Waals surface area (Å²) in [7, 11) is 1.78. The molecule has 4 nitrogen and oxygen atoms in total. The zero-order chi connectivity index (χ0) is 13.8. The van der Waals surface area contributed by atoms with Gasteiger partial charge in [0.25, 0.3) is 0 Å². The number of nitrogens with zero attached hydrogens (tertiary/aromatic N) is 2. The predicted octanol–water partition coefficient (Wildman–Crippen LogP) is 2.45. The van der Waals surface area contributed by atoms with E-state index in [0.717, 1.165) is 0 Å². The second kappa shape index (κ2) is 5.60. The molecule has 2 rings (SSSR count). The van der Waals surface area contributed by atoms with Crippen LogP contribution in [0.15, 0.2) is 36.7 Å². The minimum absolute atomic E-state index is 0.0271. The van der Waals surface area contributed by atoms with Crippen LogP contribution < -0.4 is 4.74 Å². The molecule has 0 spiro atoms. The van der Waals surface area contributed by atoms with Crippen molar-refractivity contribution in [1.82, 2.24) is 9.55 Å². The minimum Gasteiger partial charge on any atom is -0.435 e. The number of carbonyl (C=O) groups is 1. The van der Waals surface area contributed by atoms with Gasteiger partial charge in [0.15, 0.2) is 5.78 Å². The van der Waals surface area contributed by atoms with E-state index in [9.17, 15) is 13.6 Å². The van der Waals surface area contributed by atoms with Crippen molar-refractivity contribution in [3.63, 3.8) is 0 Å². The first-order valence-electron chi connectivity index (χ1n) is 5.60. The van der Waals surface area contributed by atoms with E-state index in [4.69, 9.17) is 0 Å². The maximum atomic E-state index is 12.1. The van der Waals surface area contributed by atoms with Crippen LogP contribution in [0.2, 0.25) is 0 Å². The molecule has 100 valence electrons. The molecule has 6 heteroatoms. The van der Waals surface area contributed by atoms with Gasteiger partial charge < -0.3 is 9.30 Å². The zero-order valence-corrected chi connectivity index (χ0v) is 10.2. The number of hydrogen-bond donors (Lipinski definition) is 0. The summed E-state index contributed by atoms with van der Waals surface area (Å²) in [5.74, 6) is 0.389. The Labute approximate surface area is 108 Å². The fourth-order valence-corrected chi connectivity index (χ4v) is 1.66. The van der Waals surface area contributed by atoms with E-state index < -0.39 is 6.61 Å². The number of carbonyl (C=O) groups excluding carboxylic acids is 1. The predicted molar refractivity (Wildman–Crippen MR) is 64.3 cm³/mol. The molecule has 0 N–H and O–H groups in total. The molecule has 0 aliphatic heterocycles. The van der Waals surface area contributed by atoms with Gasteiger partial charge >= 0.3 is 6.61 Å². The van der Waals surface area contributed by atoms with Crippen molar-refractivity contribution in [3.8, 4) is 5.75 Å². The Morgan fingerprint density at radius 2 is 2.26 bits per heavy atom. The lowest BCUT2D eigenvalue weighted by atomic mass is 10.1. The Balaban J connectivity index is 2.13. The molecule has 0 fully saturated rings. The monoisotopic (exact) mass is 266 g/mol. The highest BCUT2D eigenvalue weighted by atomic mass is 19.3. The molecule has 0 bridgehead atoms. The van der Waals surface area contributed by atoms with Gasteiger partial charge in [-0.15, -0.1) is 0 Å². The maximum absolute atomic E-state index is 12.1. The highest BCUT2D eigenvalue weighted by Crippen LogP contribution is 2.17. The van der Waals surface area contributed by atoms with Crippen molar-refractivity contribution >= 4 is 5.78 Å². The molecule has 2 aromatic rings. The largest absolute Gasteiger partial charge is 0.435 e. The molecular weight excluding hydrogens is 254 g/mol. The Hall–Kier alpha value is -2.24. The average molecular weight is 266 g/mol. The van der Waals surface area contributed by atoms with Crippen molar-refractivity contribution in [3.05, 3.63) is 48.0 Å². The van der Waals surface area contributed by atoms with E-state index in [-0.39, 0.29) is 18.0 Å². The van der Waals surface area contributed by atoms with E-state index >= 15 is 0 Å². The zero-order valence-electron chi connectivity index (χ0n) is 10.2. The number of alkyl halides is 2. The van der Waals surface area contributed by atoms with E-state index in [2.05, 4.69) is 9.72 Å². The average Bonchev–Trinajstić information content (AvgIpc) is 2.74. The standard InChI is InChI=1S/C13H12F2N2O2/c1-17-6-5-16-12(17)8-11(18)9-3-2-4-10(7-9)19-13(14)15/h2-7,13H,8H2,1H3. The van der Waals surface area contributed by atoms with Crippen LogP contribution >= 0.6 is 0 Å². The number of ketones is 1. The van der Waals surface area contributed by atoms with Crippen molar-refractivity contribution in [2.45, 2.75) is 13.0 Å². The summed E-state index contributed by atoms with van der Waals surface area (Å²) >= 11 is 0. The van der Waals surface area contributed by atoms with Crippen LogP contribution in [-0.4, -0.2) is 21.9 Å². The normalized spacial score (nSPS) is 10.7. The summed E-state index contributed by atoms with van der Waals surface area (Å²) in [6, 6.07) is 5.74. The van der Waals surface area contributed by atoms with E-state index in [0.29, 0.717) is 11.4 Å². The molecule has 1 aromatic heterocycles. The van der Waals surface area contributed by atoms with Crippen LogP contribution in [0, 0.1) is 0 Å². The first-order valence-corrected chi connectivity index (χ1v) is 5.60. The Kier molecular flexibility index (Phi) is 3.89. The summed E-state index contributed by atoms with van der Waals surface area (Å²) < 4.78 is 30.2. The molecule has 0 atom stereocenters. The highest BCUT2D eigenvalue weighted by molar-refractivity contribution is 5.97. The number of benzene rings is 1. The van der Waals surface area contributed by atoms with Crippen LogP contribution in [0.1, 0.15) is 16.2 Å². The van der Waals surface area contributed by atoms with Crippen LogP contribution in [0.3, 0.4) is 0 Å². The second-order valence-electron chi connectivity index (χ2n) is 3.96. The molecule has 0 radical (unpaired) electrons. The number of aromatic nitrogens is 2. The third-order valence-corrected chi connectivity index (χ3v) is 2.62. The number of rotatable bonds is 5. The van der Waals surface area contributed by atoms with Gasteiger partial charge in [0.1, 0.15) is 11.6 Å². The van der Waals surface area contributed by atoms with Crippen molar-refractivity contribution < 1.29 is 18.3 Å². The van der Waals surface area contributed by atoms with Crippen molar-refractivity contribution in [2.24, 2.45) is 7.05 Å². The van der Waals surface area contributed by atoms with E-state index in [1.807, 2.05) is 0 Å². The molecule has 0 aliphatic rings. The van der Waals surface area contributed by atoms with Gasteiger partial charge in [-0.1, -0.05) is 12.1 Å². The third-order valence-electron chi connectivity index (χ3n) is 2.62. The van der Waals surface area contributed by atoms with Crippen molar-refractivity contribution in [2.75, 3.05) is 0 Å². The summed E-state index contributed by atoms with van der Waals surface area (Å²) in [5, 5.41) is 0. The number of imidazole rings is 1. The highest BCUT2D eigenvalue weighted by Gasteiger charge is 2.12. The molecule has 0 aliphatic carbocycles. The number of aryl methyl sites for hydroxylation is 1. The quantitative estimate of drug-likeness (QED) is 0.781.